The summed E-state index contributed by atoms with van der Waals surface area (Å²) in [5, 5.41) is 4.36. The third-order valence-corrected chi connectivity index (χ3v) is 3.24. The van der Waals surface area contributed by atoms with Crippen LogP contribution >= 0.6 is 0 Å². The fourth-order valence-electron chi connectivity index (χ4n) is 2.13. The van der Waals surface area contributed by atoms with Crippen molar-refractivity contribution in [2.45, 2.75) is 46.3 Å². The van der Waals surface area contributed by atoms with E-state index in [-0.39, 0.29) is 24.0 Å². The SMILES string of the molecule is CCCn1cc(N)c(=O)n(Cc2ccn(C(C)C)n2)c1=O. The second-order valence-electron chi connectivity index (χ2n) is 5.33. The smallest absolute Gasteiger partial charge is 0.331 e. The van der Waals surface area contributed by atoms with Gasteiger partial charge in [-0.3, -0.25) is 18.6 Å². The van der Waals surface area contributed by atoms with Crippen LogP contribution in [0, 0.1) is 0 Å². The molecule has 2 N–H and O–H groups in total. The van der Waals surface area contributed by atoms with Crippen molar-refractivity contribution in [3.63, 3.8) is 0 Å². The maximum atomic E-state index is 12.3. The summed E-state index contributed by atoms with van der Waals surface area (Å²) in [7, 11) is 0. The Morgan fingerprint density at radius 3 is 2.62 bits per heavy atom. The summed E-state index contributed by atoms with van der Waals surface area (Å²) < 4.78 is 4.39. The molecule has 0 spiro atoms. The fraction of sp³-hybridized carbons (Fsp3) is 0.500. The van der Waals surface area contributed by atoms with Crippen LogP contribution in [0.25, 0.3) is 0 Å². The third-order valence-electron chi connectivity index (χ3n) is 3.24. The molecule has 0 aliphatic heterocycles. The molecule has 2 aromatic rings. The van der Waals surface area contributed by atoms with E-state index < -0.39 is 5.56 Å². The summed E-state index contributed by atoms with van der Waals surface area (Å²) >= 11 is 0. The Kier molecular flexibility index (Phi) is 4.30. The number of anilines is 1. The summed E-state index contributed by atoms with van der Waals surface area (Å²) in [6, 6.07) is 2.03. The number of nitrogens with zero attached hydrogens (tertiary/aromatic N) is 4. The lowest BCUT2D eigenvalue weighted by Crippen LogP contribution is -2.41. The predicted molar refractivity (Wildman–Crippen MR) is 81.4 cm³/mol. The molecule has 0 atom stereocenters. The van der Waals surface area contributed by atoms with Gasteiger partial charge in [-0.2, -0.15) is 5.10 Å². The zero-order valence-electron chi connectivity index (χ0n) is 12.6. The molecule has 7 nitrogen and oxygen atoms in total. The maximum absolute atomic E-state index is 12.3. The first-order valence-corrected chi connectivity index (χ1v) is 7.07. The standard InChI is InChI=1S/C14H21N5O2/c1-4-6-17-9-12(15)13(20)18(14(17)21)8-11-5-7-19(16-11)10(2)3/h5,7,9-10H,4,6,8,15H2,1-3H3. The van der Waals surface area contributed by atoms with Gasteiger partial charge in [0.05, 0.1) is 12.2 Å². The molecular formula is C14H21N5O2. The minimum Gasteiger partial charge on any atom is -0.393 e. The molecule has 0 radical (unpaired) electrons. The minimum atomic E-state index is -0.466. The lowest BCUT2D eigenvalue weighted by molar-refractivity contribution is 0.517. The van der Waals surface area contributed by atoms with E-state index in [4.69, 9.17) is 5.73 Å². The van der Waals surface area contributed by atoms with Crippen LogP contribution in [0.1, 0.15) is 38.9 Å². The summed E-state index contributed by atoms with van der Waals surface area (Å²) in [6.07, 6.45) is 4.04. The number of hydrogen-bond acceptors (Lipinski definition) is 4. The summed E-state index contributed by atoms with van der Waals surface area (Å²) in [4.78, 5) is 24.4. The normalized spacial score (nSPS) is 11.2. The summed E-state index contributed by atoms with van der Waals surface area (Å²) in [6.45, 7) is 6.65. The molecule has 0 saturated heterocycles. The Hall–Kier alpha value is -2.31. The van der Waals surface area contributed by atoms with Gasteiger partial charge in [-0.05, 0) is 26.3 Å². The average Bonchev–Trinajstić information content (AvgIpc) is 2.90. The van der Waals surface area contributed by atoms with E-state index in [2.05, 4.69) is 5.10 Å². The second-order valence-corrected chi connectivity index (χ2v) is 5.33. The van der Waals surface area contributed by atoms with Gasteiger partial charge in [0.15, 0.2) is 0 Å². The molecule has 2 heterocycles. The average molecular weight is 291 g/mol. The highest BCUT2D eigenvalue weighted by Gasteiger charge is 2.11. The van der Waals surface area contributed by atoms with Gasteiger partial charge in [0.25, 0.3) is 5.56 Å². The topological polar surface area (TPSA) is 87.8 Å². The van der Waals surface area contributed by atoms with Gasteiger partial charge in [-0.1, -0.05) is 6.92 Å². The Bertz CT molecular complexity index is 739. The highest BCUT2D eigenvalue weighted by molar-refractivity contribution is 5.31. The van der Waals surface area contributed by atoms with Crippen molar-refractivity contribution < 1.29 is 0 Å². The number of hydrogen-bond donors (Lipinski definition) is 1. The highest BCUT2D eigenvalue weighted by Crippen LogP contribution is 2.04. The summed E-state index contributed by atoms with van der Waals surface area (Å²) in [5.41, 5.74) is 5.63. The molecule has 0 unspecified atom stereocenters. The molecule has 7 heteroatoms. The first-order valence-electron chi connectivity index (χ1n) is 7.07. The van der Waals surface area contributed by atoms with Crippen LogP contribution in [0.5, 0.6) is 0 Å². The van der Waals surface area contributed by atoms with Gasteiger partial charge in [0.2, 0.25) is 0 Å². The van der Waals surface area contributed by atoms with Crippen molar-refractivity contribution in [3.05, 3.63) is 45.0 Å². The van der Waals surface area contributed by atoms with E-state index in [0.29, 0.717) is 12.2 Å². The number of rotatable bonds is 5. The molecule has 0 amide bonds. The molecule has 2 aromatic heterocycles. The molecule has 0 saturated carbocycles. The van der Waals surface area contributed by atoms with Crippen LogP contribution in [0.2, 0.25) is 0 Å². The predicted octanol–water partition coefficient (Wildman–Crippen LogP) is 0.828. The van der Waals surface area contributed by atoms with Crippen LogP contribution in [-0.4, -0.2) is 18.9 Å². The Balaban J connectivity index is 2.43. The Morgan fingerprint density at radius 1 is 1.33 bits per heavy atom. The zero-order chi connectivity index (χ0) is 15.6. The van der Waals surface area contributed by atoms with Crippen LogP contribution < -0.4 is 17.0 Å². The van der Waals surface area contributed by atoms with E-state index in [1.54, 1.807) is 10.7 Å². The fourth-order valence-corrected chi connectivity index (χ4v) is 2.13. The van der Waals surface area contributed by atoms with Crippen LogP contribution in [0.15, 0.2) is 28.0 Å². The molecule has 0 aliphatic carbocycles. The molecule has 21 heavy (non-hydrogen) atoms. The summed E-state index contributed by atoms with van der Waals surface area (Å²) in [5.74, 6) is 0. The molecule has 0 aliphatic rings. The van der Waals surface area contributed by atoms with Gasteiger partial charge in [0, 0.05) is 25.0 Å². The van der Waals surface area contributed by atoms with E-state index in [1.165, 1.54) is 10.8 Å². The molecule has 0 fully saturated rings. The van der Waals surface area contributed by atoms with Crippen LogP contribution in [0.4, 0.5) is 5.69 Å². The Morgan fingerprint density at radius 2 is 2.05 bits per heavy atom. The molecule has 114 valence electrons. The van der Waals surface area contributed by atoms with E-state index in [1.807, 2.05) is 27.0 Å². The third kappa shape index (κ3) is 3.07. The van der Waals surface area contributed by atoms with Gasteiger partial charge >= 0.3 is 5.69 Å². The van der Waals surface area contributed by atoms with Crippen LogP contribution in [0.3, 0.4) is 0 Å². The quantitative estimate of drug-likeness (QED) is 0.883. The van der Waals surface area contributed by atoms with E-state index >= 15 is 0 Å². The van der Waals surface area contributed by atoms with Crippen molar-refractivity contribution in [2.75, 3.05) is 5.73 Å². The van der Waals surface area contributed by atoms with Gasteiger partial charge in [-0.15, -0.1) is 0 Å². The van der Waals surface area contributed by atoms with Crippen molar-refractivity contribution in [2.24, 2.45) is 0 Å². The minimum absolute atomic E-state index is 0.0753. The van der Waals surface area contributed by atoms with Gasteiger partial charge in [-0.25, -0.2) is 4.79 Å². The largest absolute Gasteiger partial charge is 0.393 e. The van der Waals surface area contributed by atoms with Crippen molar-refractivity contribution >= 4 is 5.69 Å². The zero-order valence-corrected chi connectivity index (χ0v) is 12.6. The first kappa shape index (κ1) is 15.1. The molecule has 0 aromatic carbocycles. The second kappa shape index (κ2) is 5.99. The van der Waals surface area contributed by atoms with Gasteiger partial charge in [0.1, 0.15) is 5.69 Å². The molecule has 0 bridgehead atoms. The van der Waals surface area contributed by atoms with Crippen molar-refractivity contribution in [1.82, 2.24) is 18.9 Å². The molecular weight excluding hydrogens is 270 g/mol. The Labute approximate surface area is 122 Å². The highest BCUT2D eigenvalue weighted by atomic mass is 16.2. The number of nitrogen functional groups attached to an aromatic ring is 1. The lowest BCUT2D eigenvalue weighted by atomic mass is 10.4. The number of nitrogens with two attached hydrogens (primary N) is 1. The number of aromatic nitrogens is 4. The first-order chi connectivity index (χ1) is 9.93. The van der Waals surface area contributed by atoms with Crippen molar-refractivity contribution in [3.8, 4) is 0 Å². The number of aryl methyl sites for hydroxylation is 1. The maximum Gasteiger partial charge on any atom is 0.331 e. The van der Waals surface area contributed by atoms with Crippen LogP contribution in [-0.2, 0) is 13.1 Å². The van der Waals surface area contributed by atoms with E-state index in [0.717, 1.165) is 11.0 Å². The van der Waals surface area contributed by atoms with Gasteiger partial charge < -0.3 is 5.73 Å². The van der Waals surface area contributed by atoms with E-state index in [9.17, 15) is 9.59 Å². The lowest BCUT2D eigenvalue weighted by Gasteiger charge is -2.10. The van der Waals surface area contributed by atoms with Crippen molar-refractivity contribution in [1.29, 1.82) is 0 Å². The monoisotopic (exact) mass is 291 g/mol. The molecule has 2 rings (SSSR count).